The van der Waals surface area contributed by atoms with Crippen molar-refractivity contribution >= 4 is 17.9 Å². The van der Waals surface area contributed by atoms with E-state index in [1.165, 1.54) is 6.07 Å². The lowest BCUT2D eigenvalue weighted by Crippen LogP contribution is -2.54. The quantitative estimate of drug-likeness (QED) is 0.809. The number of piperidine rings is 1. The second kappa shape index (κ2) is 5.66. The number of benzene rings is 1. The second-order valence-electron chi connectivity index (χ2n) is 6.17. The van der Waals surface area contributed by atoms with Crippen LogP contribution >= 0.6 is 0 Å². The highest BCUT2D eigenvalue weighted by Crippen LogP contribution is 2.30. The molecule has 2 N–H and O–H groups in total. The molecule has 2 saturated heterocycles. The summed E-state index contributed by atoms with van der Waals surface area (Å²) in [5.74, 6) is -1.32. The molecule has 1 aromatic carbocycles. The summed E-state index contributed by atoms with van der Waals surface area (Å²) in [7, 11) is 1.98. The Hall–Kier alpha value is -2.41. The molecule has 0 aromatic heterocycles. The van der Waals surface area contributed by atoms with Crippen molar-refractivity contribution in [3.63, 3.8) is 0 Å². The van der Waals surface area contributed by atoms with E-state index in [4.69, 9.17) is 0 Å². The number of hydrogen-bond acceptors (Lipinski definition) is 4. The van der Waals surface area contributed by atoms with Gasteiger partial charge >= 0.3 is 12.0 Å². The molecular formula is C16H19N3O4. The van der Waals surface area contributed by atoms with Crippen LogP contribution in [0.1, 0.15) is 28.8 Å². The maximum absolute atomic E-state index is 12.8. The van der Waals surface area contributed by atoms with Crippen molar-refractivity contribution in [2.75, 3.05) is 20.1 Å². The molecule has 1 aromatic rings. The lowest BCUT2D eigenvalue weighted by atomic mass is 9.87. The maximum atomic E-state index is 12.8. The number of hydrogen-bond donors (Lipinski definition) is 2. The van der Waals surface area contributed by atoms with Gasteiger partial charge in [-0.3, -0.25) is 9.69 Å². The van der Waals surface area contributed by atoms with Crippen LogP contribution in [0.4, 0.5) is 4.79 Å². The van der Waals surface area contributed by atoms with Crippen LogP contribution in [0.2, 0.25) is 0 Å². The van der Waals surface area contributed by atoms with E-state index in [9.17, 15) is 19.5 Å². The summed E-state index contributed by atoms with van der Waals surface area (Å²) in [5, 5.41) is 12.1. The largest absolute Gasteiger partial charge is 0.478 e. The van der Waals surface area contributed by atoms with E-state index in [-0.39, 0.29) is 18.0 Å². The Labute approximate surface area is 133 Å². The van der Waals surface area contributed by atoms with Crippen LogP contribution in [0, 0.1) is 0 Å². The van der Waals surface area contributed by atoms with Gasteiger partial charge in [0.25, 0.3) is 5.91 Å². The van der Waals surface area contributed by atoms with Gasteiger partial charge in [0.15, 0.2) is 0 Å². The fourth-order valence-electron chi connectivity index (χ4n) is 3.20. The van der Waals surface area contributed by atoms with Crippen LogP contribution in [0.25, 0.3) is 0 Å². The average Bonchev–Trinajstić information content (AvgIpc) is 2.75. The number of amides is 3. The highest BCUT2D eigenvalue weighted by Gasteiger charge is 2.51. The molecule has 2 heterocycles. The molecule has 2 aliphatic heterocycles. The maximum Gasteiger partial charge on any atom is 0.336 e. The van der Waals surface area contributed by atoms with E-state index in [0.29, 0.717) is 18.4 Å². The van der Waals surface area contributed by atoms with Crippen molar-refractivity contribution in [2.45, 2.75) is 24.9 Å². The van der Waals surface area contributed by atoms with Crippen LogP contribution in [-0.2, 0) is 11.3 Å². The number of imide groups is 1. The molecule has 0 aliphatic carbocycles. The van der Waals surface area contributed by atoms with E-state index in [1.54, 1.807) is 18.2 Å². The number of nitrogens with zero attached hydrogens (tertiary/aromatic N) is 2. The van der Waals surface area contributed by atoms with Gasteiger partial charge in [-0.15, -0.1) is 0 Å². The number of carbonyl (C=O) groups is 3. The minimum absolute atomic E-state index is 0.0231. The van der Waals surface area contributed by atoms with Crippen LogP contribution in [0.15, 0.2) is 24.3 Å². The molecule has 3 rings (SSSR count). The Balaban J connectivity index is 1.83. The van der Waals surface area contributed by atoms with E-state index in [1.807, 2.05) is 7.05 Å². The number of carboxylic acid groups (broad SMARTS) is 1. The van der Waals surface area contributed by atoms with Gasteiger partial charge in [0, 0.05) is 13.1 Å². The summed E-state index contributed by atoms with van der Waals surface area (Å²) in [6.07, 6.45) is 1.15. The first kappa shape index (κ1) is 15.5. The van der Waals surface area contributed by atoms with E-state index < -0.39 is 17.5 Å². The van der Waals surface area contributed by atoms with Crippen LogP contribution in [0.3, 0.4) is 0 Å². The van der Waals surface area contributed by atoms with Gasteiger partial charge in [0.2, 0.25) is 0 Å². The number of likely N-dealkylation sites (tertiary alicyclic amines) is 1. The number of carboxylic acids is 1. The number of rotatable bonds is 3. The molecule has 0 unspecified atom stereocenters. The van der Waals surface area contributed by atoms with Crippen molar-refractivity contribution in [1.29, 1.82) is 0 Å². The van der Waals surface area contributed by atoms with Gasteiger partial charge in [-0.25, -0.2) is 9.59 Å². The first-order valence-corrected chi connectivity index (χ1v) is 7.57. The zero-order chi connectivity index (χ0) is 16.6. The summed E-state index contributed by atoms with van der Waals surface area (Å²) >= 11 is 0. The standard InChI is InChI=1S/C16H19N3O4/c1-18-8-6-16(7-9-18)14(22)19(15(23)17-16)10-11-4-2-3-5-12(11)13(20)21/h2-5H,6-10H2,1H3,(H,17,23)(H,20,21). The molecule has 0 radical (unpaired) electrons. The molecule has 1 spiro atoms. The minimum Gasteiger partial charge on any atom is -0.478 e. The normalized spacial score (nSPS) is 20.8. The highest BCUT2D eigenvalue weighted by atomic mass is 16.4. The van der Waals surface area contributed by atoms with Crippen molar-refractivity contribution < 1.29 is 19.5 Å². The third kappa shape index (κ3) is 2.68. The zero-order valence-corrected chi connectivity index (χ0v) is 12.9. The SMILES string of the molecule is CN1CCC2(CC1)NC(=O)N(Cc1ccccc1C(=O)O)C2=O. The predicted octanol–water partition coefficient (Wildman–Crippen LogP) is 0.901. The van der Waals surface area contributed by atoms with Crippen LogP contribution < -0.4 is 5.32 Å². The topological polar surface area (TPSA) is 90.0 Å². The predicted molar refractivity (Wildman–Crippen MR) is 81.9 cm³/mol. The van der Waals surface area contributed by atoms with Crippen molar-refractivity contribution in [2.24, 2.45) is 0 Å². The Morgan fingerprint density at radius 1 is 1.26 bits per heavy atom. The first-order valence-electron chi connectivity index (χ1n) is 7.57. The first-order chi connectivity index (χ1) is 10.9. The lowest BCUT2D eigenvalue weighted by Gasteiger charge is -2.35. The van der Waals surface area contributed by atoms with Crippen molar-refractivity contribution in [3.05, 3.63) is 35.4 Å². The van der Waals surface area contributed by atoms with Gasteiger partial charge in [-0.05, 0) is 31.5 Å². The molecule has 7 heteroatoms. The molecular weight excluding hydrogens is 298 g/mol. The molecule has 2 fully saturated rings. The molecule has 2 aliphatic rings. The number of nitrogens with one attached hydrogen (secondary N) is 1. The zero-order valence-electron chi connectivity index (χ0n) is 12.9. The summed E-state index contributed by atoms with van der Waals surface area (Å²) in [6.45, 7) is 1.46. The average molecular weight is 317 g/mol. The summed E-state index contributed by atoms with van der Waals surface area (Å²) in [6, 6.07) is 5.98. The minimum atomic E-state index is -1.07. The molecule has 3 amide bonds. The van der Waals surface area contributed by atoms with Gasteiger partial charge in [0.1, 0.15) is 5.54 Å². The van der Waals surface area contributed by atoms with E-state index >= 15 is 0 Å². The van der Waals surface area contributed by atoms with Crippen LogP contribution in [-0.4, -0.2) is 58.5 Å². The van der Waals surface area contributed by atoms with Gasteiger partial charge in [-0.2, -0.15) is 0 Å². The Morgan fingerprint density at radius 2 is 1.91 bits per heavy atom. The molecule has 7 nitrogen and oxygen atoms in total. The van der Waals surface area contributed by atoms with Gasteiger partial charge in [-0.1, -0.05) is 18.2 Å². The number of carbonyl (C=O) groups excluding carboxylic acids is 2. The summed E-state index contributed by atoms with van der Waals surface area (Å²) in [4.78, 5) is 39.6. The highest BCUT2D eigenvalue weighted by molar-refractivity contribution is 6.07. The third-order valence-corrected chi connectivity index (χ3v) is 4.66. The lowest BCUT2D eigenvalue weighted by molar-refractivity contribution is -0.133. The molecule has 23 heavy (non-hydrogen) atoms. The van der Waals surface area contributed by atoms with Gasteiger partial charge < -0.3 is 15.3 Å². The monoisotopic (exact) mass is 317 g/mol. The van der Waals surface area contributed by atoms with Crippen molar-refractivity contribution in [1.82, 2.24) is 15.1 Å². The Kier molecular flexibility index (Phi) is 3.81. The molecule has 122 valence electrons. The number of aromatic carboxylic acids is 1. The van der Waals surface area contributed by atoms with Crippen molar-refractivity contribution in [3.8, 4) is 0 Å². The van der Waals surface area contributed by atoms with E-state index in [2.05, 4.69) is 10.2 Å². The smallest absolute Gasteiger partial charge is 0.336 e. The van der Waals surface area contributed by atoms with Crippen LogP contribution in [0.5, 0.6) is 0 Å². The summed E-state index contributed by atoms with van der Waals surface area (Å²) < 4.78 is 0. The van der Waals surface area contributed by atoms with Gasteiger partial charge in [0.05, 0.1) is 12.1 Å². The fraction of sp³-hybridized carbons (Fsp3) is 0.438. The Bertz CT molecular complexity index is 665. The fourth-order valence-corrected chi connectivity index (χ4v) is 3.20. The number of urea groups is 1. The molecule has 0 atom stereocenters. The molecule has 0 bridgehead atoms. The molecule has 0 saturated carbocycles. The summed E-state index contributed by atoms with van der Waals surface area (Å²) in [5.41, 5.74) is -0.271. The Morgan fingerprint density at radius 3 is 2.57 bits per heavy atom. The second-order valence-corrected chi connectivity index (χ2v) is 6.17. The van der Waals surface area contributed by atoms with E-state index in [0.717, 1.165) is 18.0 Å². The third-order valence-electron chi connectivity index (χ3n) is 4.66.